The lowest BCUT2D eigenvalue weighted by Crippen LogP contribution is -2.36. The minimum Gasteiger partial charge on any atom is -0.444 e. The predicted octanol–water partition coefficient (Wildman–Crippen LogP) is 2.15. The molecule has 0 aromatic carbocycles. The van der Waals surface area contributed by atoms with E-state index in [2.05, 4.69) is 25.8 Å². The first-order chi connectivity index (χ1) is 9.69. The Morgan fingerprint density at radius 2 is 2.14 bits per heavy atom. The summed E-state index contributed by atoms with van der Waals surface area (Å²) in [5.41, 5.74) is 1.69. The van der Waals surface area contributed by atoms with Gasteiger partial charge in [0.1, 0.15) is 17.7 Å². The van der Waals surface area contributed by atoms with Gasteiger partial charge in [0.15, 0.2) is 5.96 Å². The van der Waals surface area contributed by atoms with Gasteiger partial charge < -0.3 is 19.6 Å². The molecule has 2 aromatic rings. The number of guanidine groups is 1. The van der Waals surface area contributed by atoms with Crippen LogP contribution in [0.1, 0.15) is 30.0 Å². The van der Waals surface area contributed by atoms with Crippen LogP contribution in [0, 0.1) is 13.8 Å². The van der Waals surface area contributed by atoms with Crippen LogP contribution in [0.5, 0.6) is 0 Å². The molecule has 0 fully saturated rings. The van der Waals surface area contributed by atoms with Crippen molar-refractivity contribution >= 4 is 29.9 Å². The van der Waals surface area contributed by atoms with E-state index >= 15 is 0 Å². The number of nitrogens with one attached hydrogen (secondary N) is 2. The van der Waals surface area contributed by atoms with Crippen LogP contribution in [0.3, 0.4) is 0 Å². The maximum absolute atomic E-state index is 5.51. The first-order valence-corrected chi connectivity index (χ1v) is 6.53. The third-order valence-electron chi connectivity index (χ3n) is 2.71. The normalized spacial score (nSPS) is 11.1. The Labute approximate surface area is 140 Å². The molecule has 0 saturated carbocycles. The van der Waals surface area contributed by atoms with Gasteiger partial charge in [-0.2, -0.15) is 0 Å². The van der Waals surface area contributed by atoms with Crippen molar-refractivity contribution < 1.29 is 8.94 Å². The number of rotatable bonds is 5. The molecule has 116 valence electrons. The Kier molecular flexibility index (Phi) is 7.20. The lowest BCUT2D eigenvalue weighted by atomic mass is 10.4. The fourth-order valence-electron chi connectivity index (χ4n) is 1.60. The number of nitrogens with zero attached hydrogens (tertiary/aromatic N) is 3. The average Bonchev–Trinajstić information content (AvgIpc) is 3.04. The van der Waals surface area contributed by atoms with E-state index in [1.54, 1.807) is 6.07 Å². The maximum atomic E-state index is 5.51. The molecule has 2 heterocycles. The topological polar surface area (TPSA) is 88.5 Å². The molecule has 2 aromatic heterocycles. The number of hydrogen-bond donors (Lipinski definition) is 2. The van der Waals surface area contributed by atoms with Crippen LogP contribution in [0.25, 0.3) is 0 Å². The third-order valence-corrected chi connectivity index (χ3v) is 2.71. The Hall–Kier alpha value is -1.58. The van der Waals surface area contributed by atoms with E-state index in [-0.39, 0.29) is 24.0 Å². The van der Waals surface area contributed by atoms with Crippen LogP contribution < -0.4 is 10.6 Å². The highest BCUT2D eigenvalue weighted by Gasteiger charge is 2.06. The molecule has 0 aliphatic heterocycles. The van der Waals surface area contributed by atoms with E-state index in [0.29, 0.717) is 24.9 Å². The van der Waals surface area contributed by atoms with Gasteiger partial charge in [-0.1, -0.05) is 5.16 Å². The van der Waals surface area contributed by atoms with Crippen molar-refractivity contribution in [2.75, 3.05) is 6.54 Å². The molecule has 21 heavy (non-hydrogen) atoms. The molecule has 0 bridgehead atoms. The molecule has 0 unspecified atom stereocenters. The summed E-state index contributed by atoms with van der Waals surface area (Å²) in [6.07, 6.45) is 1.53. The minimum absolute atomic E-state index is 0. The van der Waals surface area contributed by atoms with Crippen molar-refractivity contribution in [2.45, 2.75) is 33.9 Å². The monoisotopic (exact) mass is 405 g/mol. The SMILES string of the molecule is CCNC(=NCc1ccon1)NCc1nc(C)c(C)o1.I. The quantitative estimate of drug-likeness (QED) is 0.450. The fraction of sp³-hybridized carbons (Fsp3) is 0.462. The number of oxazole rings is 1. The Bertz CT molecular complexity index is 546. The zero-order chi connectivity index (χ0) is 14.4. The lowest BCUT2D eigenvalue weighted by Gasteiger charge is -2.09. The summed E-state index contributed by atoms with van der Waals surface area (Å²) in [7, 11) is 0. The summed E-state index contributed by atoms with van der Waals surface area (Å²) in [6.45, 7) is 7.54. The van der Waals surface area contributed by atoms with Gasteiger partial charge in [-0.3, -0.25) is 0 Å². The van der Waals surface area contributed by atoms with Gasteiger partial charge in [-0.25, -0.2) is 9.98 Å². The predicted molar refractivity (Wildman–Crippen MR) is 89.6 cm³/mol. The number of hydrogen-bond acceptors (Lipinski definition) is 5. The highest BCUT2D eigenvalue weighted by Crippen LogP contribution is 2.07. The molecule has 2 N–H and O–H groups in total. The van der Waals surface area contributed by atoms with Crippen LogP contribution in [0.4, 0.5) is 0 Å². The van der Waals surface area contributed by atoms with E-state index in [4.69, 9.17) is 8.94 Å². The maximum Gasteiger partial charge on any atom is 0.214 e. The third kappa shape index (κ3) is 5.37. The first-order valence-electron chi connectivity index (χ1n) is 6.53. The first kappa shape index (κ1) is 17.5. The van der Waals surface area contributed by atoms with Crippen molar-refractivity contribution in [3.05, 3.63) is 35.4 Å². The van der Waals surface area contributed by atoms with Gasteiger partial charge in [0.2, 0.25) is 5.89 Å². The molecule has 2 rings (SSSR count). The Morgan fingerprint density at radius 3 is 2.71 bits per heavy atom. The molecule has 8 heteroatoms. The van der Waals surface area contributed by atoms with Crippen molar-refractivity contribution in [1.82, 2.24) is 20.8 Å². The van der Waals surface area contributed by atoms with Crippen LogP contribution in [0.15, 0.2) is 26.3 Å². The summed E-state index contributed by atoms with van der Waals surface area (Å²) >= 11 is 0. The van der Waals surface area contributed by atoms with E-state index in [9.17, 15) is 0 Å². The van der Waals surface area contributed by atoms with Crippen LogP contribution >= 0.6 is 24.0 Å². The van der Waals surface area contributed by atoms with Crippen LogP contribution in [-0.4, -0.2) is 22.6 Å². The summed E-state index contributed by atoms with van der Waals surface area (Å²) in [5, 5.41) is 10.1. The highest BCUT2D eigenvalue weighted by molar-refractivity contribution is 14.0. The second kappa shape index (κ2) is 8.65. The second-order valence-corrected chi connectivity index (χ2v) is 4.29. The summed E-state index contributed by atoms with van der Waals surface area (Å²) in [4.78, 5) is 8.72. The van der Waals surface area contributed by atoms with E-state index < -0.39 is 0 Å². The molecule has 0 atom stereocenters. The largest absolute Gasteiger partial charge is 0.444 e. The molecular formula is C13H20IN5O2. The van der Waals surface area contributed by atoms with E-state index in [0.717, 1.165) is 23.7 Å². The zero-order valence-corrected chi connectivity index (χ0v) is 14.7. The van der Waals surface area contributed by atoms with Gasteiger partial charge >= 0.3 is 0 Å². The molecule has 7 nitrogen and oxygen atoms in total. The molecule has 0 saturated heterocycles. The van der Waals surface area contributed by atoms with Gasteiger partial charge in [0.05, 0.1) is 18.8 Å². The van der Waals surface area contributed by atoms with Gasteiger partial charge in [-0.15, -0.1) is 24.0 Å². The van der Waals surface area contributed by atoms with Gasteiger partial charge in [0, 0.05) is 12.6 Å². The number of aliphatic imine (C=N–C) groups is 1. The number of halogens is 1. The summed E-state index contributed by atoms with van der Waals surface area (Å²) in [6, 6.07) is 1.79. The standard InChI is InChI=1S/C13H19N5O2.HI/c1-4-14-13(15-7-11-5-6-19-18-11)16-8-12-17-9(2)10(3)20-12;/h5-6H,4,7-8H2,1-3H3,(H2,14,15,16);1H. The van der Waals surface area contributed by atoms with Gasteiger partial charge in [0.25, 0.3) is 0 Å². The molecule has 0 aliphatic rings. The summed E-state index contributed by atoms with van der Waals surface area (Å²) < 4.78 is 10.3. The number of aromatic nitrogens is 2. The van der Waals surface area contributed by atoms with Crippen molar-refractivity contribution in [1.29, 1.82) is 0 Å². The van der Waals surface area contributed by atoms with Crippen molar-refractivity contribution in [3.63, 3.8) is 0 Å². The van der Waals surface area contributed by atoms with E-state index in [1.807, 2.05) is 20.8 Å². The van der Waals surface area contributed by atoms with E-state index in [1.165, 1.54) is 6.26 Å². The van der Waals surface area contributed by atoms with Crippen LogP contribution in [-0.2, 0) is 13.1 Å². The average molecular weight is 405 g/mol. The van der Waals surface area contributed by atoms with Crippen molar-refractivity contribution in [3.8, 4) is 0 Å². The highest BCUT2D eigenvalue weighted by atomic mass is 127. The van der Waals surface area contributed by atoms with Gasteiger partial charge in [-0.05, 0) is 20.8 Å². The summed E-state index contributed by atoms with van der Waals surface area (Å²) in [5.74, 6) is 2.17. The molecule has 0 radical (unpaired) electrons. The van der Waals surface area contributed by atoms with Crippen LogP contribution in [0.2, 0.25) is 0 Å². The minimum atomic E-state index is 0. The lowest BCUT2D eigenvalue weighted by molar-refractivity contribution is 0.412. The molecule has 0 amide bonds. The van der Waals surface area contributed by atoms with Crippen molar-refractivity contribution in [2.24, 2.45) is 4.99 Å². The smallest absolute Gasteiger partial charge is 0.214 e. The molecule has 0 spiro atoms. The second-order valence-electron chi connectivity index (χ2n) is 4.29. The molecule has 0 aliphatic carbocycles. The number of aryl methyl sites for hydroxylation is 2. The molecular weight excluding hydrogens is 385 g/mol. The Balaban J connectivity index is 0.00000220. The zero-order valence-electron chi connectivity index (χ0n) is 12.3. The fourth-order valence-corrected chi connectivity index (χ4v) is 1.60. The Morgan fingerprint density at radius 1 is 1.33 bits per heavy atom.